The first-order valence-electron chi connectivity index (χ1n) is 12.5. The van der Waals surface area contributed by atoms with Gasteiger partial charge in [0.05, 0.1) is 11.1 Å². The van der Waals surface area contributed by atoms with Crippen LogP contribution in [0.3, 0.4) is 0 Å². The van der Waals surface area contributed by atoms with Crippen molar-refractivity contribution in [1.82, 2.24) is 14.1 Å². The average Bonchev–Trinajstić information content (AvgIpc) is 3.37. The number of halogens is 3. The Morgan fingerprint density at radius 3 is 2.68 bits per heavy atom. The number of sulfonamides is 1. The van der Waals surface area contributed by atoms with Crippen molar-refractivity contribution < 1.29 is 17.6 Å². The van der Waals surface area contributed by atoms with Crippen molar-refractivity contribution in [3.8, 4) is 0 Å². The fourth-order valence-corrected chi connectivity index (χ4v) is 8.66. The third-order valence-corrected chi connectivity index (χ3v) is 11.0. The van der Waals surface area contributed by atoms with Crippen molar-refractivity contribution in [2.24, 2.45) is 0 Å². The van der Waals surface area contributed by atoms with Gasteiger partial charge >= 0.3 is 0 Å². The van der Waals surface area contributed by atoms with Crippen LogP contribution in [0, 0.1) is 5.82 Å². The van der Waals surface area contributed by atoms with Crippen LogP contribution in [0.4, 0.5) is 4.39 Å². The first-order chi connectivity index (χ1) is 18.1. The van der Waals surface area contributed by atoms with E-state index < -0.39 is 16.1 Å². The average molecular weight is 597 g/mol. The number of thiophene rings is 1. The molecule has 0 spiro atoms. The lowest BCUT2D eigenvalue weighted by Gasteiger charge is -2.40. The van der Waals surface area contributed by atoms with Crippen LogP contribution in [0.15, 0.2) is 58.8 Å². The zero-order chi connectivity index (χ0) is 27.0. The summed E-state index contributed by atoms with van der Waals surface area (Å²) in [6, 6.07) is 12.6. The minimum atomic E-state index is -3.87. The van der Waals surface area contributed by atoms with E-state index in [0.717, 1.165) is 18.5 Å². The summed E-state index contributed by atoms with van der Waals surface area (Å²) in [5.41, 5.74) is 2.05. The van der Waals surface area contributed by atoms with E-state index in [-0.39, 0.29) is 40.8 Å². The monoisotopic (exact) mass is 595 g/mol. The molecule has 0 aliphatic carbocycles. The predicted molar refractivity (Wildman–Crippen MR) is 149 cm³/mol. The second-order valence-corrected chi connectivity index (χ2v) is 13.4. The van der Waals surface area contributed by atoms with Crippen molar-refractivity contribution in [2.75, 3.05) is 32.7 Å². The normalized spacial score (nSPS) is 20.9. The molecule has 38 heavy (non-hydrogen) atoms. The smallest absolute Gasteiger partial charge is 0.244 e. The number of carbonyl (C=O) groups excluding carboxylic acids is 1. The van der Waals surface area contributed by atoms with Gasteiger partial charge in [-0.2, -0.15) is 4.31 Å². The molecule has 1 saturated heterocycles. The zero-order valence-electron chi connectivity index (χ0n) is 20.8. The third-order valence-electron chi connectivity index (χ3n) is 7.24. The number of hydrogen-bond donors (Lipinski definition) is 0. The van der Waals surface area contributed by atoms with Crippen LogP contribution in [0.2, 0.25) is 10.0 Å². The van der Waals surface area contributed by atoms with E-state index in [0.29, 0.717) is 24.5 Å². The highest BCUT2D eigenvalue weighted by atomic mass is 35.5. The van der Waals surface area contributed by atoms with Gasteiger partial charge in [0, 0.05) is 55.1 Å². The molecule has 0 radical (unpaired) electrons. The van der Waals surface area contributed by atoms with Crippen molar-refractivity contribution >= 4 is 50.5 Å². The van der Waals surface area contributed by atoms with Crippen molar-refractivity contribution in [1.29, 1.82) is 0 Å². The second-order valence-electron chi connectivity index (χ2n) is 9.67. The van der Waals surface area contributed by atoms with Gasteiger partial charge in [0.2, 0.25) is 15.9 Å². The van der Waals surface area contributed by atoms with E-state index in [4.69, 9.17) is 23.2 Å². The Morgan fingerprint density at radius 1 is 1.11 bits per heavy atom. The molecule has 1 fully saturated rings. The molecule has 6 nitrogen and oxygen atoms in total. The van der Waals surface area contributed by atoms with Crippen LogP contribution in [0.25, 0.3) is 0 Å². The number of piperazine rings is 1. The molecule has 2 atom stereocenters. The van der Waals surface area contributed by atoms with E-state index in [1.54, 1.807) is 41.4 Å². The van der Waals surface area contributed by atoms with Gasteiger partial charge in [-0.25, -0.2) is 12.8 Å². The lowest BCUT2D eigenvalue weighted by atomic mass is 9.93. The van der Waals surface area contributed by atoms with Gasteiger partial charge in [-0.15, -0.1) is 11.3 Å². The minimum Gasteiger partial charge on any atom is -0.340 e. The van der Waals surface area contributed by atoms with E-state index in [9.17, 15) is 17.6 Å². The molecule has 2 aliphatic heterocycles. The number of hydrogen-bond acceptors (Lipinski definition) is 5. The molecular weight excluding hydrogens is 568 g/mol. The largest absolute Gasteiger partial charge is 0.340 e. The highest BCUT2D eigenvalue weighted by Gasteiger charge is 2.37. The Balaban J connectivity index is 1.25. The lowest BCUT2D eigenvalue weighted by molar-refractivity contribution is -0.133. The quantitative estimate of drug-likeness (QED) is 0.380. The fourth-order valence-electron chi connectivity index (χ4n) is 5.40. The van der Waals surface area contributed by atoms with Crippen LogP contribution in [-0.4, -0.2) is 67.2 Å². The van der Waals surface area contributed by atoms with E-state index in [2.05, 4.69) is 16.3 Å². The van der Waals surface area contributed by atoms with Gasteiger partial charge in [0.25, 0.3) is 0 Å². The molecule has 3 aromatic rings. The number of carbonyl (C=O) groups is 1. The van der Waals surface area contributed by atoms with E-state index in [1.165, 1.54) is 32.9 Å². The van der Waals surface area contributed by atoms with E-state index in [1.807, 2.05) is 6.07 Å². The Morgan fingerprint density at radius 2 is 1.92 bits per heavy atom. The molecule has 5 rings (SSSR count). The highest BCUT2D eigenvalue weighted by Crippen LogP contribution is 2.38. The maximum absolute atomic E-state index is 14.1. The maximum atomic E-state index is 14.1. The first kappa shape index (κ1) is 27.6. The van der Waals surface area contributed by atoms with Crippen molar-refractivity contribution in [3.63, 3.8) is 0 Å². The zero-order valence-corrected chi connectivity index (χ0v) is 24.0. The summed E-state index contributed by atoms with van der Waals surface area (Å²) in [5, 5.41) is 2.47. The molecule has 2 aliphatic rings. The maximum Gasteiger partial charge on any atom is 0.244 e. The molecule has 202 valence electrons. The highest BCUT2D eigenvalue weighted by molar-refractivity contribution is 7.89. The van der Waals surface area contributed by atoms with Crippen molar-refractivity contribution in [3.05, 3.63) is 85.8 Å². The molecule has 1 amide bonds. The number of benzene rings is 2. The SMILES string of the molecule is C[C@@H]1CN(C(=O)CCN2CCc3sccc3[C@@H]2c2cccc(F)c2)CCN1S(=O)(=O)c1cc(Cl)ccc1Cl. The van der Waals surface area contributed by atoms with Crippen LogP contribution >= 0.6 is 34.5 Å². The van der Waals surface area contributed by atoms with Gasteiger partial charge in [0.1, 0.15) is 10.7 Å². The van der Waals surface area contributed by atoms with E-state index >= 15 is 0 Å². The summed E-state index contributed by atoms with van der Waals surface area (Å²) in [6.07, 6.45) is 1.19. The topological polar surface area (TPSA) is 60.9 Å². The Hall–Kier alpha value is -2.01. The summed E-state index contributed by atoms with van der Waals surface area (Å²) >= 11 is 13.9. The summed E-state index contributed by atoms with van der Waals surface area (Å²) in [4.78, 5) is 18.5. The Kier molecular flexibility index (Phi) is 8.14. The molecule has 0 unspecified atom stereocenters. The van der Waals surface area contributed by atoms with Crippen LogP contribution in [-0.2, 0) is 21.2 Å². The summed E-state index contributed by atoms with van der Waals surface area (Å²) in [7, 11) is -3.87. The molecule has 1 aromatic heterocycles. The number of amides is 1. The third kappa shape index (κ3) is 5.50. The Labute approximate surface area is 236 Å². The van der Waals surface area contributed by atoms with Gasteiger partial charge in [-0.05, 0) is 66.2 Å². The lowest BCUT2D eigenvalue weighted by Crippen LogP contribution is -2.55. The standard InChI is InChI=1S/C27H28Cl2FN3O3S2/c1-18-17-32(12-13-33(18)38(35,36)25-16-20(28)5-6-23(25)29)26(34)8-11-31-10-7-24-22(9-14-37-24)27(31)19-3-2-4-21(30)15-19/h2-6,9,14-16,18,27H,7-8,10-13,17H2,1H3/t18-,27+/m1/s1. The predicted octanol–water partition coefficient (Wildman–Crippen LogP) is 5.45. The molecule has 0 bridgehead atoms. The van der Waals surface area contributed by atoms with Gasteiger partial charge in [-0.3, -0.25) is 9.69 Å². The molecular formula is C27H28Cl2FN3O3S2. The molecule has 2 aromatic carbocycles. The summed E-state index contributed by atoms with van der Waals surface area (Å²) in [5.74, 6) is -0.300. The van der Waals surface area contributed by atoms with Crippen LogP contribution in [0.1, 0.15) is 35.4 Å². The van der Waals surface area contributed by atoms with Gasteiger partial charge < -0.3 is 4.90 Å². The van der Waals surface area contributed by atoms with Crippen molar-refractivity contribution in [2.45, 2.75) is 36.7 Å². The number of fused-ring (bicyclic) bond motifs is 1. The summed E-state index contributed by atoms with van der Waals surface area (Å²) in [6.45, 7) is 3.86. The second kappa shape index (κ2) is 11.2. The molecule has 11 heteroatoms. The van der Waals surface area contributed by atoms with Gasteiger partial charge in [0.15, 0.2) is 0 Å². The number of nitrogens with zero attached hydrogens (tertiary/aromatic N) is 3. The first-order valence-corrected chi connectivity index (χ1v) is 15.5. The fraction of sp³-hybridized carbons (Fsp3) is 0.370. The Bertz CT molecular complexity index is 1450. The van der Waals surface area contributed by atoms with Gasteiger partial charge in [-0.1, -0.05) is 35.3 Å². The molecule has 3 heterocycles. The molecule has 0 N–H and O–H groups in total. The van der Waals surface area contributed by atoms with Crippen LogP contribution in [0.5, 0.6) is 0 Å². The summed E-state index contributed by atoms with van der Waals surface area (Å²) < 4.78 is 42.1. The van der Waals surface area contributed by atoms with Crippen LogP contribution < -0.4 is 0 Å². The minimum absolute atomic E-state index is 0.0243. The number of rotatable bonds is 6. The molecule has 0 saturated carbocycles.